The summed E-state index contributed by atoms with van der Waals surface area (Å²) in [5.74, 6) is 0. The molecule has 53 valence electrons. The average molecular weight is 127 g/mol. The van der Waals surface area contributed by atoms with Crippen molar-refractivity contribution in [2.75, 3.05) is 20.1 Å². The van der Waals surface area contributed by atoms with Crippen molar-refractivity contribution < 1.29 is 0 Å². The second kappa shape index (κ2) is 3.18. The van der Waals surface area contributed by atoms with Gasteiger partial charge in [0, 0.05) is 19.6 Å². The minimum Gasteiger partial charge on any atom is -0.311 e. The van der Waals surface area contributed by atoms with Crippen molar-refractivity contribution in [3.05, 3.63) is 7.05 Å². The summed E-state index contributed by atoms with van der Waals surface area (Å²) in [7, 11) is 5.82. The van der Waals surface area contributed by atoms with E-state index in [9.17, 15) is 0 Å². The summed E-state index contributed by atoms with van der Waals surface area (Å²) in [5, 5.41) is 3.04. The molecular formula is C7H15N2. The van der Waals surface area contributed by atoms with E-state index in [4.69, 9.17) is 0 Å². The molecule has 1 atom stereocenters. The number of likely N-dealkylation sites (tertiary alicyclic amines) is 1. The third-order valence-electron chi connectivity index (χ3n) is 1.91. The molecule has 1 N–H and O–H groups in total. The van der Waals surface area contributed by atoms with Crippen LogP contribution in [0.4, 0.5) is 0 Å². The summed E-state index contributed by atoms with van der Waals surface area (Å²) in [6.45, 7) is 2.40. The van der Waals surface area contributed by atoms with Crippen LogP contribution in [0.2, 0.25) is 0 Å². The van der Waals surface area contributed by atoms with Crippen molar-refractivity contribution in [2.45, 2.75) is 18.9 Å². The predicted molar refractivity (Wildman–Crippen MR) is 39.0 cm³/mol. The average Bonchev–Trinajstić information content (AvgIpc) is 1.88. The first-order valence-electron chi connectivity index (χ1n) is 3.54. The number of rotatable bonds is 1. The number of nitrogens with one attached hydrogen (secondary N) is 1. The van der Waals surface area contributed by atoms with Crippen molar-refractivity contribution in [2.24, 2.45) is 0 Å². The Morgan fingerprint density at radius 1 is 1.67 bits per heavy atom. The van der Waals surface area contributed by atoms with Gasteiger partial charge in [-0.1, -0.05) is 0 Å². The highest BCUT2D eigenvalue weighted by Gasteiger charge is 2.13. The van der Waals surface area contributed by atoms with Gasteiger partial charge in [0.25, 0.3) is 0 Å². The monoisotopic (exact) mass is 127 g/mol. The fraction of sp³-hybridized carbons (Fsp3) is 0.857. The van der Waals surface area contributed by atoms with Gasteiger partial charge in [-0.05, 0) is 26.4 Å². The maximum absolute atomic E-state index is 3.67. The van der Waals surface area contributed by atoms with E-state index in [2.05, 4.69) is 24.3 Å². The first-order valence-corrected chi connectivity index (χ1v) is 3.54. The largest absolute Gasteiger partial charge is 0.311 e. The Labute approximate surface area is 57.2 Å². The molecule has 0 aromatic heterocycles. The molecule has 0 spiro atoms. The zero-order valence-corrected chi connectivity index (χ0v) is 6.06. The minimum atomic E-state index is 0.628. The number of hydrogen-bond acceptors (Lipinski definition) is 2. The van der Waals surface area contributed by atoms with Crippen LogP contribution < -0.4 is 5.32 Å². The number of nitrogens with zero attached hydrogens (tertiary/aromatic N) is 1. The third-order valence-corrected chi connectivity index (χ3v) is 1.91. The Morgan fingerprint density at radius 3 is 2.89 bits per heavy atom. The molecule has 0 aromatic carbocycles. The lowest BCUT2D eigenvalue weighted by Gasteiger charge is -2.28. The first kappa shape index (κ1) is 7.03. The Kier molecular flexibility index (Phi) is 2.49. The van der Waals surface area contributed by atoms with Crippen molar-refractivity contribution in [1.82, 2.24) is 10.2 Å². The van der Waals surface area contributed by atoms with E-state index in [1.807, 2.05) is 0 Å². The molecule has 1 aliphatic rings. The number of hydrogen-bond donors (Lipinski definition) is 1. The van der Waals surface area contributed by atoms with Gasteiger partial charge in [0.05, 0.1) is 0 Å². The van der Waals surface area contributed by atoms with Crippen LogP contribution in [0.15, 0.2) is 0 Å². The fourth-order valence-electron chi connectivity index (χ4n) is 1.33. The van der Waals surface area contributed by atoms with Crippen molar-refractivity contribution >= 4 is 0 Å². The highest BCUT2D eigenvalue weighted by Crippen LogP contribution is 2.06. The van der Waals surface area contributed by atoms with E-state index in [1.54, 1.807) is 0 Å². The molecule has 2 nitrogen and oxygen atoms in total. The maximum atomic E-state index is 3.67. The Morgan fingerprint density at radius 2 is 2.44 bits per heavy atom. The van der Waals surface area contributed by atoms with Crippen LogP contribution in [0.25, 0.3) is 0 Å². The van der Waals surface area contributed by atoms with Gasteiger partial charge in [0.2, 0.25) is 0 Å². The zero-order chi connectivity index (χ0) is 6.69. The molecule has 1 aliphatic heterocycles. The molecule has 0 aliphatic carbocycles. The topological polar surface area (TPSA) is 15.3 Å². The summed E-state index contributed by atoms with van der Waals surface area (Å²) in [5.41, 5.74) is 0. The molecule has 0 aromatic rings. The van der Waals surface area contributed by atoms with Crippen LogP contribution in [0.1, 0.15) is 12.8 Å². The SMILES string of the molecule is [CH2]NC1CCCN(C)C1. The van der Waals surface area contributed by atoms with Gasteiger partial charge in [0.1, 0.15) is 0 Å². The lowest BCUT2D eigenvalue weighted by atomic mass is 10.1. The van der Waals surface area contributed by atoms with E-state index in [1.165, 1.54) is 19.4 Å². The summed E-state index contributed by atoms with van der Waals surface area (Å²) in [4.78, 5) is 2.34. The molecule has 9 heavy (non-hydrogen) atoms. The highest BCUT2D eigenvalue weighted by atomic mass is 15.1. The highest BCUT2D eigenvalue weighted by molar-refractivity contribution is 4.75. The second-order valence-corrected chi connectivity index (χ2v) is 2.81. The van der Waals surface area contributed by atoms with E-state index in [-0.39, 0.29) is 0 Å². The van der Waals surface area contributed by atoms with Crippen molar-refractivity contribution in [1.29, 1.82) is 0 Å². The Bertz CT molecular complexity index is 83.0. The lowest BCUT2D eigenvalue weighted by Crippen LogP contribution is -2.41. The smallest absolute Gasteiger partial charge is 0.0195 e. The van der Waals surface area contributed by atoms with Crippen LogP contribution in [0.5, 0.6) is 0 Å². The summed E-state index contributed by atoms with van der Waals surface area (Å²) in [6.07, 6.45) is 2.59. The van der Waals surface area contributed by atoms with Gasteiger partial charge in [-0.25, -0.2) is 0 Å². The van der Waals surface area contributed by atoms with Crippen molar-refractivity contribution in [3.8, 4) is 0 Å². The van der Waals surface area contributed by atoms with Crippen LogP contribution in [0, 0.1) is 7.05 Å². The molecule has 2 heteroatoms. The maximum Gasteiger partial charge on any atom is 0.0195 e. The van der Waals surface area contributed by atoms with Crippen LogP contribution >= 0.6 is 0 Å². The standard InChI is InChI=1S/C7H15N2/c1-8-7-4-3-5-9(2)6-7/h7-8H,1,3-6H2,2H3. The molecule has 1 radical (unpaired) electrons. The van der Waals surface area contributed by atoms with E-state index in [0.717, 1.165) is 6.54 Å². The van der Waals surface area contributed by atoms with E-state index < -0.39 is 0 Å². The predicted octanol–water partition coefficient (Wildman–Crippen LogP) is 0.462. The minimum absolute atomic E-state index is 0.628. The first-order chi connectivity index (χ1) is 4.33. The third kappa shape index (κ3) is 1.95. The molecular weight excluding hydrogens is 112 g/mol. The molecule has 1 unspecified atom stereocenters. The van der Waals surface area contributed by atoms with Crippen LogP contribution in [-0.4, -0.2) is 31.1 Å². The van der Waals surface area contributed by atoms with Crippen LogP contribution in [-0.2, 0) is 0 Å². The van der Waals surface area contributed by atoms with Gasteiger partial charge in [0.15, 0.2) is 0 Å². The van der Waals surface area contributed by atoms with Gasteiger partial charge in [-0.2, -0.15) is 0 Å². The van der Waals surface area contributed by atoms with Gasteiger partial charge in [-0.3, -0.25) is 0 Å². The van der Waals surface area contributed by atoms with E-state index in [0.29, 0.717) is 6.04 Å². The molecule has 1 heterocycles. The quantitative estimate of drug-likeness (QED) is 0.550. The van der Waals surface area contributed by atoms with Crippen LogP contribution in [0.3, 0.4) is 0 Å². The fourth-order valence-corrected chi connectivity index (χ4v) is 1.33. The van der Waals surface area contributed by atoms with Gasteiger partial charge >= 0.3 is 0 Å². The Balaban J connectivity index is 2.23. The summed E-state index contributed by atoms with van der Waals surface area (Å²) in [6, 6.07) is 0.628. The Hall–Kier alpha value is -0.0800. The number of piperidine rings is 1. The molecule has 0 bridgehead atoms. The van der Waals surface area contributed by atoms with E-state index >= 15 is 0 Å². The summed E-state index contributed by atoms with van der Waals surface area (Å²) < 4.78 is 0. The molecule has 1 saturated heterocycles. The number of likely N-dealkylation sites (N-methyl/N-ethyl adjacent to an activating group) is 1. The lowest BCUT2D eigenvalue weighted by molar-refractivity contribution is 0.237. The summed E-state index contributed by atoms with van der Waals surface area (Å²) >= 11 is 0. The zero-order valence-electron chi connectivity index (χ0n) is 6.06. The van der Waals surface area contributed by atoms with Gasteiger partial charge in [-0.15, -0.1) is 0 Å². The van der Waals surface area contributed by atoms with Crippen molar-refractivity contribution in [3.63, 3.8) is 0 Å². The normalized spacial score (nSPS) is 30.7. The molecule has 0 amide bonds. The molecule has 1 rings (SSSR count). The molecule has 1 fully saturated rings. The second-order valence-electron chi connectivity index (χ2n) is 2.81. The molecule has 0 saturated carbocycles. The van der Waals surface area contributed by atoms with Gasteiger partial charge < -0.3 is 10.2 Å².